The zero-order chi connectivity index (χ0) is 15.5. The highest BCUT2D eigenvalue weighted by atomic mass is 16.5. The van der Waals surface area contributed by atoms with Gasteiger partial charge in [0, 0.05) is 44.2 Å². The van der Waals surface area contributed by atoms with Crippen LogP contribution in [-0.2, 0) is 4.74 Å². The number of amides is 1. The summed E-state index contributed by atoms with van der Waals surface area (Å²) in [6.45, 7) is 9.83. The van der Waals surface area contributed by atoms with Crippen molar-refractivity contribution >= 4 is 5.91 Å². The first-order chi connectivity index (χ1) is 10.6. The number of nitrogens with zero attached hydrogens (tertiary/aromatic N) is 2. The monoisotopic (exact) mass is 302 g/mol. The van der Waals surface area contributed by atoms with E-state index >= 15 is 0 Å². The molecule has 1 aromatic rings. The third kappa shape index (κ3) is 3.50. The maximum absolute atomic E-state index is 12.7. The summed E-state index contributed by atoms with van der Waals surface area (Å²) in [5, 5.41) is 0. The molecule has 0 bridgehead atoms. The Labute approximate surface area is 133 Å². The van der Waals surface area contributed by atoms with Gasteiger partial charge in [-0.05, 0) is 18.1 Å². The van der Waals surface area contributed by atoms with Gasteiger partial charge in [-0.25, -0.2) is 0 Å². The zero-order valence-corrected chi connectivity index (χ0v) is 13.6. The number of ether oxygens (including phenoxy) is 1. The average Bonchev–Trinajstić information content (AvgIpc) is 2.76. The SMILES string of the molecule is CC(C)CN1C[C@@H]2CN(C(=O)c3ccccc3)CCO[C@@H]2C1. The molecule has 4 nitrogen and oxygen atoms in total. The number of hydrogen-bond donors (Lipinski definition) is 0. The lowest BCUT2D eigenvalue weighted by Crippen LogP contribution is -2.37. The largest absolute Gasteiger partial charge is 0.375 e. The molecule has 120 valence electrons. The van der Waals surface area contributed by atoms with Gasteiger partial charge in [0.2, 0.25) is 0 Å². The van der Waals surface area contributed by atoms with Crippen LogP contribution in [-0.4, -0.2) is 61.1 Å². The smallest absolute Gasteiger partial charge is 0.253 e. The summed E-state index contributed by atoms with van der Waals surface area (Å²) in [5.41, 5.74) is 0.776. The van der Waals surface area contributed by atoms with Gasteiger partial charge in [0.1, 0.15) is 0 Å². The number of hydrogen-bond acceptors (Lipinski definition) is 3. The van der Waals surface area contributed by atoms with E-state index in [0.29, 0.717) is 25.0 Å². The van der Waals surface area contributed by atoms with Crippen LogP contribution in [0.15, 0.2) is 30.3 Å². The molecule has 0 aliphatic carbocycles. The lowest BCUT2D eigenvalue weighted by Gasteiger charge is -2.24. The fourth-order valence-corrected chi connectivity index (χ4v) is 3.59. The highest BCUT2D eigenvalue weighted by molar-refractivity contribution is 5.94. The summed E-state index contributed by atoms with van der Waals surface area (Å²) in [6.07, 6.45) is 0.285. The first kappa shape index (κ1) is 15.5. The van der Waals surface area contributed by atoms with Crippen molar-refractivity contribution in [1.82, 2.24) is 9.80 Å². The molecule has 2 saturated heterocycles. The number of carbonyl (C=O) groups is 1. The maximum atomic E-state index is 12.7. The zero-order valence-electron chi connectivity index (χ0n) is 13.6. The molecule has 2 fully saturated rings. The molecular weight excluding hydrogens is 276 g/mol. The number of carbonyl (C=O) groups excluding carboxylic acids is 1. The molecule has 2 aliphatic rings. The Balaban J connectivity index is 1.65. The van der Waals surface area contributed by atoms with Gasteiger partial charge in [0.15, 0.2) is 0 Å². The molecule has 0 spiro atoms. The van der Waals surface area contributed by atoms with Crippen LogP contribution >= 0.6 is 0 Å². The van der Waals surface area contributed by atoms with Crippen molar-refractivity contribution in [2.75, 3.05) is 39.3 Å². The molecular formula is C18H26N2O2. The van der Waals surface area contributed by atoms with E-state index in [-0.39, 0.29) is 12.0 Å². The van der Waals surface area contributed by atoms with Gasteiger partial charge in [-0.1, -0.05) is 32.0 Å². The molecule has 3 rings (SSSR count). The van der Waals surface area contributed by atoms with Crippen LogP contribution in [0.3, 0.4) is 0 Å². The third-order valence-electron chi connectivity index (χ3n) is 4.54. The molecule has 2 heterocycles. The quantitative estimate of drug-likeness (QED) is 0.857. The second-order valence-corrected chi connectivity index (χ2v) is 6.90. The van der Waals surface area contributed by atoms with Gasteiger partial charge < -0.3 is 14.5 Å². The Morgan fingerprint density at radius 1 is 1.23 bits per heavy atom. The van der Waals surface area contributed by atoms with E-state index in [0.717, 1.165) is 31.7 Å². The molecule has 0 unspecified atom stereocenters. The van der Waals surface area contributed by atoms with Crippen LogP contribution in [0.2, 0.25) is 0 Å². The van der Waals surface area contributed by atoms with Crippen molar-refractivity contribution in [2.24, 2.45) is 11.8 Å². The van der Waals surface area contributed by atoms with Crippen molar-refractivity contribution in [3.8, 4) is 0 Å². The molecule has 0 N–H and O–H groups in total. The van der Waals surface area contributed by atoms with Gasteiger partial charge in [0.25, 0.3) is 5.91 Å². The molecule has 0 saturated carbocycles. The van der Waals surface area contributed by atoms with Crippen molar-refractivity contribution in [2.45, 2.75) is 20.0 Å². The minimum Gasteiger partial charge on any atom is -0.375 e. The van der Waals surface area contributed by atoms with Crippen LogP contribution in [0.1, 0.15) is 24.2 Å². The fraction of sp³-hybridized carbons (Fsp3) is 0.611. The van der Waals surface area contributed by atoms with Crippen molar-refractivity contribution < 1.29 is 9.53 Å². The van der Waals surface area contributed by atoms with E-state index in [4.69, 9.17) is 4.74 Å². The molecule has 4 heteroatoms. The number of rotatable bonds is 3. The second kappa shape index (κ2) is 6.80. The topological polar surface area (TPSA) is 32.8 Å². The van der Waals surface area contributed by atoms with Crippen molar-refractivity contribution in [1.29, 1.82) is 0 Å². The predicted molar refractivity (Wildman–Crippen MR) is 86.9 cm³/mol. The minimum atomic E-state index is 0.132. The average molecular weight is 302 g/mol. The van der Waals surface area contributed by atoms with Crippen LogP contribution in [0.5, 0.6) is 0 Å². The summed E-state index contributed by atoms with van der Waals surface area (Å²) < 4.78 is 6.02. The Kier molecular flexibility index (Phi) is 4.79. The lowest BCUT2D eigenvalue weighted by molar-refractivity contribution is 0.0499. The van der Waals surface area contributed by atoms with Crippen LogP contribution in [0, 0.1) is 11.8 Å². The molecule has 0 radical (unpaired) electrons. The number of fused-ring (bicyclic) bond motifs is 1. The molecule has 2 aliphatic heterocycles. The van der Waals surface area contributed by atoms with Gasteiger partial charge in [0.05, 0.1) is 12.7 Å². The van der Waals surface area contributed by atoms with Crippen molar-refractivity contribution in [3.05, 3.63) is 35.9 Å². The van der Waals surface area contributed by atoms with E-state index in [9.17, 15) is 4.79 Å². The highest BCUT2D eigenvalue weighted by Gasteiger charge is 2.37. The standard InChI is InChI=1S/C18H26N2O2/c1-14(2)10-19-11-16-12-20(8-9-22-17(16)13-19)18(21)15-6-4-3-5-7-15/h3-7,14,16-17H,8-13H2,1-2H3/t16-,17-/m1/s1. The molecule has 2 atom stereocenters. The molecule has 22 heavy (non-hydrogen) atoms. The molecule has 1 aromatic carbocycles. The van der Waals surface area contributed by atoms with Crippen LogP contribution < -0.4 is 0 Å². The fourth-order valence-electron chi connectivity index (χ4n) is 3.59. The van der Waals surface area contributed by atoms with Gasteiger partial charge >= 0.3 is 0 Å². The molecule has 0 aromatic heterocycles. The molecule has 1 amide bonds. The maximum Gasteiger partial charge on any atom is 0.253 e. The number of likely N-dealkylation sites (tertiary alicyclic amines) is 1. The van der Waals surface area contributed by atoms with Crippen LogP contribution in [0.4, 0.5) is 0 Å². The first-order valence-electron chi connectivity index (χ1n) is 8.31. The summed E-state index contributed by atoms with van der Waals surface area (Å²) >= 11 is 0. The summed E-state index contributed by atoms with van der Waals surface area (Å²) in [4.78, 5) is 17.1. The Morgan fingerprint density at radius 2 is 2.00 bits per heavy atom. The van der Waals surface area contributed by atoms with Gasteiger partial charge in [-0.15, -0.1) is 0 Å². The first-order valence-corrected chi connectivity index (χ1v) is 8.31. The summed E-state index contributed by atoms with van der Waals surface area (Å²) in [6, 6.07) is 9.57. The number of benzene rings is 1. The predicted octanol–water partition coefficient (Wildman–Crippen LogP) is 2.12. The minimum absolute atomic E-state index is 0.132. The Hall–Kier alpha value is -1.39. The second-order valence-electron chi connectivity index (χ2n) is 6.90. The lowest BCUT2D eigenvalue weighted by atomic mass is 10.1. The van der Waals surface area contributed by atoms with E-state index in [1.165, 1.54) is 0 Å². The van der Waals surface area contributed by atoms with E-state index in [1.807, 2.05) is 35.2 Å². The highest BCUT2D eigenvalue weighted by Crippen LogP contribution is 2.25. The van der Waals surface area contributed by atoms with E-state index < -0.39 is 0 Å². The van der Waals surface area contributed by atoms with E-state index in [1.54, 1.807) is 0 Å². The third-order valence-corrected chi connectivity index (χ3v) is 4.54. The Bertz CT molecular complexity index is 503. The Morgan fingerprint density at radius 3 is 2.73 bits per heavy atom. The van der Waals surface area contributed by atoms with Gasteiger partial charge in [-0.3, -0.25) is 4.79 Å². The van der Waals surface area contributed by atoms with Gasteiger partial charge in [-0.2, -0.15) is 0 Å². The van der Waals surface area contributed by atoms with Crippen molar-refractivity contribution in [3.63, 3.8) is 0 Å². The van der Waals surface area contributed by atoms with E-state index in [2.05, 4.69) is 18.7 Å². The summed E-state index contributed by atoms with van der Waals surface area (Å²) in [5.74, 6) is 1.24. The van der Waals surface area contributed by atoms with Crippen LogP contribution in [0.25, 0.3) is 0 Å². The normalized spacial score (nSPS) is 26.0. The summed E-state index contributed by atoms with van der Waals surface area (Å²) in [7, 11) is 0.